The summed E-state index contributed by atoms with van der Waals surface area (Å²) in [5.41, 5.74) is 6.89. The molecule has 144 valence electrons. The van der Waals surface area contributed by atoms with Crippen molar-refractivity contribution in [2.75, 3.05) is 25.0 Å². The fourth-order valence-electron chi connectivity index (χ4n) is 3.93. The van der Waals surface area contributed by atoms with E-state index in [0.29, 0.717) is 22.8 Å². The Hall–Kier alpha value is -1.30. The molecule has 1 saturated heterocycles. The summed E-state index contributed by atoms with van der Waals surface area (Å²) in [6, 6.07) is 5.14. The van der Waals surface area contributed by atoms with E-state index in [2.05, 4.69) is 5.32 Å². The number of nitrogens with one attached hydrogen (secondary N) is 1. The van der Waals surface area contributed by atoms with Crippen LogP contribution in [0.2, 0.25) is 5.02 Å². The number of hydrogen-bond donors (Lipinski definition) is 2. The second-order valence-corrected chi connectivity index (χ2v) is 7.48. The van der Waals surface area contributed by atoms with E-state index in [1.165, 1.54) is 6.42 Å². The van der Waals surface area contributed by atoms with Crippen molar-refractivity contribution in [3.8, 4) is 0 Å². The monoisotopic (exact) mass is 399 g/mol. The van der Waals surface area contributed by atoms with Gasteiger partial charge in [-0.05, 0) is 62.8 Å². The van der Waals surface area contributed by atoms with Crippen LogP contribution in [-0.2, 0) is 4.79 Å². The van der Waals surface area contributed by atoms with Gasteiger partial charge in [-0.2, -0.15) is 0 Å². The number of rotatable bonds is 4. The van der Waals surface area contributed by atoms with Crippen molar-refractivity contribution in [1.29, 1.82) is 0 Å². The zero-order valence-corrected chi connectivity index (χ0v) is 16.5. The topological polar surface area (TPSA) is 75.4 Å². The van der Waals surface area contributed by atoms with Gasteiger partial charge in [-0.3, -0.25) is 9.59 Å². The Morgan fingerprint density at radius 2 is 1.88 bits per heavy atom. The van der Waals surface area contributed by atoms with Gasteiger partial charge in [0.2, 0.25) is 5.91 Å². The molecule has 2 amide bonds. The molecule has 0 bridgehead atoms. The van der Waals surface area contributed by atoms with Crippen LogP contribution in [-0.4, -0.2) is 36.3 Å². The minimum absolute atomic E-state index is 0. The predicted molar refractivity (Wildman–Crippen MR) is 107 cm³/mol. The Bertz CT molecular complexity index is 648. The minimum Gasteiger partial charge on any atom is -0.339 e. The summed E-state index contributed by atoms with van der Waals surface area (Å²) in [6.07, 6.45) is 6.20. The maximum Gasteiger partial charge on any atom is 0.255 e. The molecule has 2 aliphatic rings. The summed E-state index contributed by atoms with van der Waals surface area (Å²) < 4.78 is 0. The van der Waals surface area contributed by atoms with Crippen LogP contribution < -0.4 is 11.1 Å². The third-order valence-corrected chi connectivity index (χ3v) is 5.72. The average Bonchev–Trinajstić information content (AvgIpc) is 3.11. The highest BCUT2D eigenvalue weighted by Crippen LogP contribution is 2.32. The van der Waals surface area contributed by atoms with Gasteiger partial charge in [-0.25, -0.2) is 0 Å². The second kappa shape index (κ2) is 9.58. The summed E-state index contributed by atoms with van der Waals surface area (Å²) in [5, 5.41) is 3.32. The standard InChI is InChI=1S/C19H26ClN3O2.ClH/c20-17-11-14(22-18(24)15-6-4-5-13(15)12-21)7-8-16(17)19(25)23-9-2-1-3-10-23;/h7-8,11,13,15H,1-6,9-10,12,21H2,(H,22,24);1H/t13-,15-;/m1./s1. The maximum absolute atomic E-state index is 12.6. The SMILES string of the molecule is Cl.NC[C@H]1CCC[C@H]1C(=O)Nc1ccc(C(=O)N2CCCCC2)c(Cl)c1. The summed E-state index contributed by atoms with van der Waals surface area (Å²) in [4.78, 5) is 26.9. The lowest BCUT2D eigenvalue weighted by Crippen LogP contribution is -2.35. The first-order valence-corrected chi connectivity index (χ1v) is 9.57. The highest BCUT2D eigenvalue weighted by molar-refractivity contribution is 6.34. The third kappa shape index (κ3) is 4.70. The molecule has 5 nitrogen and oxygen atoms in total. The Kier molecular flexibility index (Phi) is 7.74. The Morgan fingerprint density at radius 1 is 1.15 bits per heavy atom. The number of nitrogens with two attached hydrogens (primary N) is 1. The molecule has 1 aromatic rings. The highest BCUT2D eigenvalue weighted by atomic mass is 35.5. The fraction of sp³-hybridized carbons (Fsp3) is 0.579. The van der Waals surface area contributed by atoms with Crippen LogP contribution in [0, 0.1) is 11.8 Å². The van der Waals surface area contributed by atoms with E-state index in [9.17, 15) is 9.59 Å². The van der Waals surface area contributed by atoms with Crippen molar-refractivity contribution in [2.45, 2.75) is 38.5 Å². The molecule has 0 unspecified atom stereocenters. The zero-order chi connectivity index (χ0) is 17.8. The number of carbonyl (C=O) groups excluding carboxylic acids is 2. The van der Waals surface area contributed by atoms with Gasteiger partial charge >= 0.3 is 0 Å². The number of halogens is 2. The van der Waals surface area contributed by atoms with Gasteiger partial charge in [0, 0.05) is 24.7 Å². The van der Waals surface area contributed by atoms with E-state index >= 15 is 0 Å². The Morgan fingerprint density at radius 3 is 2.54 bits per heavy atom. The molecule has 26 heavy (non-hydrogen) atoms. The molecule has 1 saturated carbocycles. The van der Waals surface area contributed by atoms with E-state index in [4.69, 9.17) is 17.3 Å². The molecule has 3 N–H and O–H groups in total. The number of nitrogens with zero attached hydrogens (tertiary/aromatic N) is 1. The van der Waals surface area contributed by atoms with Crippen LogP contribution >= 0.6 is 24.0 Å². The van der Waals surface area contributed by atoms with Gasteiger partial charge in [-0.15, -0.1) is 12.4 Å². The molecule has 7 heteroatoms. The number of anilines is 1. The fourth-order valence-corrected chi connectivity index (χ4v) is 4.19. The smallest absolute Gasteiger partial charge is 0.255 e. The van der Waals surface area contributed by atoms with Gasteiger partial charge in [0.1, 0.15) is 0 Å². The van der Waals surface area contributed by atoms with Crippen molar-refractivity contribution in [1.82, 2.24) is 4.90 Å². The van der Waals surface area contributed by atoms with Gasteiger partial charge < -0.3 is 16.0 Å². The van der Waals surface area contributed by atoms with E-state index in [1.54, 1.807) is 18.2 Å². The minimum atomic E-state index is -0.0292. The molecule has 1 aliphatic carbocycles. The molecule has 0 radical (unpaired) electrons. The molecule has 2 atom stereocenters. The normalized spacial score (nSPS) is 22.6. The lowest BCUT2D eigenvalue weighted by Gasteiger charge is -2.27. The summed E-state index contributed by atoms with van der Waals surface area (Å²) in [5.74, 6) is 0.203. The molecule has 3 rings (SSSR count). The number of carbonyl (C=O) groups is 2. The number of benzene rings is 1. The summed E-state index contributed by atoms with van der Waals surface area (Å²) in [7, 11) is 0. The molecule has 1 aliphatic heterocycles. The van der Waals surface area contributed by atoms with Crippen LogP contribution in [0.3, 0.4) is 0 Å². The van der Waals surface area contributed by atoms with Crippen molar-refractivity contribution < 1.29 is 9.59 Å². The first kappa shape index (κ1) is 21.0. The quantitative estimate of drug-likeness (QED) is 0.809. The van der Waals surface area contributed by atoms with Crippen LogP contribution in [0.15, 0.2) is 18.2 Å². The van der Waals surface area contributed by atoms with Crippen LogP contribution in [0.5, 0.6) is 0 Å². The number of amides is 2. The third-order valence-electron chi connectivity index (χ3n) is 5.41. The second-order valence-electron chi connectivity index (χ2n) is 7.07. The van der Waals surface area contributed by atoms with E-state index in [1.807, 2.05) is 4.90 Å². The van der Waals surface area contributed by atoms with Crippen molar-refractivity contribution in [3.05, 3.63) is 28.8 Å². The van der Waals surface area contributed by atoms with Crippen LogP contribution in [0.1, 0.15) is 48.9 Å². The van der Waals surface area contributed by atoms with Crippen molar-refractivity contribution in [2.24, 2.45) is 17.6 Å². The lowest BCUT2D eigenvalue weighted by atomic mass is 9.95. The average molecular weight is 400 g/mol. The number of likely N-dealkylation sites (tertiary alicyclic amines) is 1. The summed E-state index contributed by atoms with van der Waals surface area (Å²) in [6.45, 7) is 2.12. The predicted octanol–water partition coefficient (Wildman–Crippen LogP) is 3.70. The van der Waals surface area contributed by atoms with E-state index in [0.717, 1.165) is 45.2 Å². The van der Waals surface area contributed by atoms with Gasteiger partial charge in [-0.1, -0.05) is 18.0 Å². The molecular weight excluding hydrogens is 373 g/mol. The molecular formula is C19H27Cl2N3O2. The first-order valence-electron chi connectivity index (χ1n) is 9.20. The maximum atomic E-state index is 12.6. The van der Waals surface area contributed by atoms with Crippen LogP contribution in [0.25, 0.3) is 0 Å². The zero-order valence-electron chi connectivity index (χ0n) is 14.9. The van der Waals surface area contributed by atoms with Crippen LogP contribution in [0.4, 0.5) is 5.69 Å². The largest absolute Gasteiger partial charge is 0.339 e. The lowest BCUT2D eigenvalue weighted by molar-refractivity contribution is -0.120. The van der Waals surface area contributed by atoms with Crippen molar-refractivity contribution in [3.63, 3.8) is 0 Å². The van der Waals surface area contributed by atoms with Gasteiger partial charge in [0.05, 0.1) is 10.6 Å². The van der Waals surface area contributed by atoms with Gasteiger partial charge in [0.15, 0.2) is 0 Å². The molecule has 0 spiro atoms. The number of piperidine rings is 1. The highest BCUT2D eigenvalue weighted by Gasteiger charge is 2.32. The van der Waals surface area contributed by atoms with E-state index in [-0.39, 0.29) is 36.1 Å². The Balaban J connectivity index is 0.00000243. The van der Waals surface area contributed by atoms with Crippen molar-refractivity contribution >= 4 is 41.5 Å². The number of hydrogen-bond acceptors (Lipinski definition) is 3. The van der Waals surface area contributed by atoms with E-state index < -0.39 is 0 Å². The first-order chi connectivity index (χ1) is 12.1. The molecule has 1 aromatic carbocycles. The Labute approximate surface area is 166 Å². The molecule has 2 fully saturated rings. The summed E-state index contributed by atoms with van der Waals surface area (Å²) >= 11 is 6.32. The molecule has 0 aromatic heterocycles. The molecule has 1 heterocycles. The van der Waals surface area contributed by atoms with Gasteiger partial charge in [0.25, 0.3) is 5.91 Å².